The number of piperidine rings is 1. The van der Waals surface area contributed by atoms with Crippen molar-refractivity contribution in [1.82, 2.24) is 10.2 Å². The van der Waals surface area contributed by atoms with Gasteiger partial charge in [-0.15, -0.1) is 24.8 Å². The molecule has 1 aliphatic carbocycles. The van der Waals surface area contributed by atoms with Gasteiger partial charge < -0.3 is 16.0 Å². The van der Waals surface area contributed by atoms with Crippen LogP contribution in [0.4, 0.5) is 0 Å². The van der Waals surface area contributed by atoms with Crippen LogP contribution in [0.2, 0.25) is 0 Å². The van der Waals surface area contributed by atoms with Crippen molar-refractivity contribution in [1.29, 1.82) is 0 Å². The summed E-state index contributed by atoms with van der Waals surface area (Å²) in [6, 6.07) is 0.0910. The quantitative estimate of drug-likeness (QED) is 0.828. The molecular formula is C14H29Cl2N3O. The highest BCUT2D eigenvalue weighted by atomic mass is 35.5. The van der Waals surface area contributed by atoms with Crippen molar-refractivity contribution in [3.63, 3.8) is 0 Å². The largest absolute Gasteiger partial charge is 0.356 e. The Labute approximate surface area is 135 Å². The molecule has 0 bridgehead atoms. The monoisotopic (exact) mass is 325 g/mol. The molecule has 0 aromatic heterocycles. The van der Waals surface area contributed by atoms with Crippen molar-refractivity contribution in [2.45, 2.75) is 44.6 Å². The molecule has 0 radical (unpaired) electrons. The van der Waals surface area contributed by atoms with Gasteiger partial charge in [0.15, 0.2) is 0 Å². The molecule has 0 aromatic carbocycles. The van der Waals surface area contributed by atoms with E-state index in [9.17, 15) is 4.79 Å². The Kier molecular flexibility index (Phi) is 9.81. The normalized spacial score (nSPS) is 27.5. The van der Waals surface area contributed by atoms with Crippen molar-refractivity contribution >= 4 is 30.7 Å². The summed E-state index contributed by atoms with van der Waals surface area (Å²) in [5.41, 5.74) is 5.94. The van der Waals surface area contributed by atoms with E-state index in [1.807, 2.05) is 0 Å². The molecule has 2 atom stereocenters. The molecule has 2 aliphatic rings. The Morgan fingerprint density at radius 3 is 2.40 bits per heavy atom. The Hall–Kier alpha value is -0.0300. The third-order valence-corrected chi connectivity index (χ3v) is 4.60. The summed E-state index contributed by atoms with van der Waals surface area (Å²) in [4.78, 5) is 14.3. The average Bonchev–Trinajstić information content (AvgIpc) is 2.78. The Bertz CT molecular complexity index is 284. The summed E-state index contributed by atoms with van der Waals surface area (Å²) in [5.74, 6) is 1.05. The third kappa shape index (κ3) is 5.76. The molecule has 2 rings (SSSR count). The predicted molar refractivity (Wildman–Crippen MR) is 87.7 cm³/mol. The minimum absolute atomic E-state index is 0. The number of halogens is 2. The van der Waals surface area contributed by atoms with Gasteiger partial charge in [0.1, 0.15) is 0 Å². The molecule has 1 aliphatic heterocycles. The first kappa shape index (κ1) is 20.0. The van der Waals surface area contributed by atoms with Gasteiger partial charge >= 0.3 is 0 Å². The smallest absolute Gasteiger partial charge is 0.224 e. The van der Waals surface area contributed by atoms with E-state index in [0.29, 0.717) is 0 Å². The van der Waals surface area contributed by atoms with Crippen LogP contribution >= 0.6 is 24.8 Å². The van der Waals surface area contributed by atoms with E-state index in [1.54, 1.807) is 0 Å². The topological polar surface area (TPSA) is 58.4 Å². The van der Waals surface area contributed by atoms with E-state index in [4.69, 9.17) is 5.73 Å². The number of carbonyl (C=O) groups excluding carboxylic acids is 1. The van der Waals surface area contributed by atoms with E-state index in [1.165, 1.54) is 25.9 Å². The number of amides is 1. The second kappa shape index (κ2) is 9.82. The fraction of sp³-hybridized carbons (Fsp3) is 0.929. The summed E-state index contributed by atoms with van der Waals surface area (Å²) in [6.45, 7) is 3.23. The fourth-order valence-corrected chi connectivity index (χ4v) is 3.20. The molecular weight excluding hydrogens is 297 g/mol. The van der Waals surface area contributed by atoms with Crippen LogP contribution in [-0.4, -0.2) is 43.5 Å². The van der Waals surface area contributed by atoms with Crippen molar-refractivity contribution in [3.8, 4) is 0 Å². The molecule has 0 spiro atoms. The van der Waals surface area contributed by atoms with Gasteiger partial charge in [0.2, 0.25) is 5.91 Å². The first-order chi connectivity index (χ1) is 8.66. The zero-order valence-corrected chi connectivity index (χ0v) is 14.0. The van der Waals surface area contributed by atoms with Crippen LogP contribution in [0.15, 0.2) is 0 Å². The average molecular weight is 326 g/mol. The van der Waals surface area contributed by atoms with Crippen molar-refractivity contribution in [2.24, 2.45) is 17.6 Å². The van der Waals surface area contributed by atoms with Gasteiger partial charge in [0.25, 0.3) is 0 Å². The molecule has 120 valence electrons. The van der Waals surface area contributed by atoms with E-state index in [2.05, 4.69) is 17.3 Å². The van der Waals surface area contributed by atoms with Gasteiger partial charge in [-0.05, 0) is 58.2 Å². The molecule has 3 N–H and O–H groups in total. The van der Waals surface area contributed by atoms with Gasteiger partial charge in [-0.2, -0.15) is 0 Å². The summed E-state index contributed by atoms with van der Waals surface area (Å²) in [5, 5.41) is 3.08. The number of carbonyl (C=O) groups is 1. The van der Waals surface area contributed by atoms with Gasteiger partial charge in [-0.1, -0.05) is 6.42 Å². The minimum Gasteiger partial charge on any atom is -0.356 e. The first-order valence-corrected chi connectivity index (χ1v) is 7.38. The van der Waals surface area contributed by atoms with E-state index in [-0.39, 0.29) is 42.7 Å². The van der Waals surface area contributed by atoms with Crippen LogP contribution in [0, 0.1) is 11.8 Å². The molecule has 2 fully saturated rings. The molecule has 6 heteroatoms. The first-order valence-electron chi connectivity index (χ1n) is 7.38. The van der Waals surface area contributed by atoms with E-state index < -0.39 is 0 Å². The summed E-state index contributed by atoms with van der Waals surface area (Å²) in [6.07, 6.45) is 6.76. The van der Waals surface area contributed by atoms with Crippen LogP contribution < -0.4 is 11.1 Å². The van der Waals surface area contributed by atoms with E-state index >= 15 is 0 Å². The number of nitrogens with one attached hydrogen (secondary N) is 1. The third-order valence-electron chi connectivity index (χ3n) is 4.60. The molecule has 1 saturated carbocycles. The van der Waals surface area contributed by atoms with Crippen molar-refractivity contribution in [3.05, 3.63) is 0 Å². The number of hydrogen-bond acceptors (Lipinski definition) is 3. The Balaban J connectivity index is 0.00000180. The highest BCUT2D eigenvalue weighted by Crippen LogP contribution is 2.24. The Morgan fingerprint density at radius 1 is 1.20 bits per heavy atom. The molecule has 20 heavy (non-hydrogen) atoms. The second-order valence-corrected chi connectivity index (χ2v) is 6.03. The van der Waals surface area contributed by atoms with Crippen LogP contribution in [-0.2, 0) is 4.79 Å². The molecule has 1 saturated heterocycles. The van der Waals surface area contributed by atoms with Crippen LogP contribution in [0.5, 0.6) is 0 Å². The van der Waals surface area contributed by atoms with Gasteiger partial charge in [0.05, 0.1) is 5.92 Å². The lowest BCUT2D eigenvalue weighted by atomic mass is 9.93. The van der Waals surface area contributed by atoms with Gasteiger partial charge in [0, 0.05) is 12.6 Å². The molecule has 0 aromatic rings. The summed E-state index contributed by atoms with van der Waals surface area (Å²) < 4.78 is 0. The molecule has 1 amide bonds. The van der Waals surface area contributed by atoms with Crippen LogP contribution in [0.3, 0.4) is 0 Å². The number of likely N-dealkylation sites (tertiary alicyclic amines) is 1. The minimum atomic E-state index is 0. The number of rotatable bonds is 4. The summed E-state index contributed by atoms with van der Waals surface area (Å²) in [7, 11) is 2.18. The van der Waals surface area contributed by atoms with Crippen LogP contribution in [0.1, 0.15) is 38.5 Å². The Morgan fingerprint density at radius 2 is 1.85 bits per heavy atom. The SMILES string of the molecule is CN1CCC(CCNC(=O)C2CCCC2N)CC1.Cl.Cl. The highest BCUT2D eigenvalue weighted by Gasteiger charge is 2.30. The molecule has 4 nitrogen and oxygen atoms in total. The number of nitrogens with zero attached hydrogens (tertiary/aromatic N) is 1. The molecule has 1 heterocycles. The molecule has 2 unspecified atom stereocenters. The predicted octanol–water partition coefficient (Wildman–Crippen LogP) is 1.81. The van der Waals surface area contributed by atoms with Crippen LogP contribution in [0.25, 0.3) is 0 Å². The van der Waals surface area contributed by atoms with Gasteiger partial charge in [-0.25, -0.2) is 0 Å². The zero-order valence-electron chi connectivity index (χ0n) is 12.3. The standard InChI is InChI=1S/C14H27N3O.2ClH/c1-17-9-6-11(7-10-17)5-8-16-14(18)12-3-2-4-13(12)15;;/h11-13H,2-10,15H2,1H3,(H,16,18);2*1H. The maximum Gasteiger partial charge on any atom is 0.224 e. The maximum atomic E-state index is 12.0. The second-order valence-electron chi connectivity index (χ2n) is 6.03. The number of hydrogen-bond donors (Lipinski definition) is 2. The highest BCUT2D eigenvalue weighted by molar-refractivity contribution is 5.85. The lowest BCUT2D eigenvalue weighted by Gasteiger charge is -2.29. The summed E-state index contributed by atoms with van der Waals surface area (Å²) >= 11 is 0. The van der Waals surface area contributed by atoms with Crippen molar-refractivity contribution < 1.29 is 4.79 Å². The maximum absolute atomic E-state index is 12.0. The van der Waals surface area contributed by atoms with Gasteiger partial charge in [-0.3, -0.25) is 4.79 Å². The number of nitrogens with two attached hydrogens (primary N) is 1. The lowest BCUT2D eigenvalue weighted by Crippen LogP contribution is -2.39. The zero-order chi connectivity index (χ0) is 13.0. The fourth-order valence-electron chi connectivity index (χ4n) is 3.20. The van der Waals surface area contributed by atoms with E-state index in [0.717, 1.165) is 38.1 Å². The van der Waals surface area contributed by atoms with Crippen molar-refractivity contribution in [2.75, 3.05) is 26.7 Å². The lowest BCUT2D eigenvalue weighted by molar-refractivity contribution is -0.125.